The van der Waals surface area contributed by atoms with E-state index < -0.39 is 0 Å². The summed E-state index contributed by atoms with van der Waals surface area (Å²) in [5.41, 5.74) is 0.804. The van der Waals surface area contributed by atoms with Gasteiger partial charge in [0.2, 0.25) is 5.91 Å². The summed E-state index contributed by atoms with van der Waals surface area (Å²) in [5, 5.41) is 6.16. The van der Waals surface area contributed by atoms with Gasteiger partial charge in [-0.3, -0.25) is 4.79 Å². The predicted molar refractivity (Wildman–Crippen MR) is 99.3 cm³/mol. The minimum atomic E-state index is -0.0776. The first-order valence-corrected chi connectivity index (χ1v) is 9.53. The zero-order chi connectivity index (χ0) is 17.6. The van der Waals surface area contributed by atoms with Gasteiger partial charge in [0.25, 0.3) is 0 Å². The molecule has 2 aliphatic rings. The molecule has 1 aliphatic carbocycles. The van der Waals surface area contributed by atoms with Crippen LogP contribution < -0.4 is 10.6 Å². The third-order valence-corrected chi connectivity index (χ3v) is 5.46. The second-order valence-corrected chi connectivity index (χ2v) is 7.53. The number of anilines is 1. The Hall–Kier alpha value is -2.04. The zero-order valence-corrected chi connectivity index (χ0v) is 15.0. The van der Waals surface area contributed by atoms with Crippen LogP contribution in [-0.2, 0) is 4.79 Å². The van der Waals surface area contributed by atoms with E-state index >= 15 is 0 Å². The Morgan fingerprint density at radius 3 is 2.44 bits per heavy atom. The standard InChI is InChI=1S/C20H29N3O2/c1-15-6-5-9-18(14-15)21-19(24)16-10-12-23(13-11-16)20(25)22-17-7-3-2-4-8-17/h2-4,7-8,15-16,18H,5-6,9-14H2,1H3,(H,21,24)(H,22,25). The highest BCUT2D eigenvalue weighted by molar-refractivity contribution is 5.89. The van der Waals surface area contributed by atoms with E-state index in [0.29, 0.717) is 25.0 Å². The van der Waals surface area contributed by atoms with Crippen LogP contribution in [0.3, 0.4) is 0 Å². The molecule has 25 heavy (non-hydrogen) atoms. The molecule has 136 valence electrons. The number of nitrogens with zero attached hydrogens (tertiary/aromatic N) is 1. The number of hydrogen-bond donors (Lipinski definition) is 2. The fraction of sp³-hybridized carbons (Fsp3) is 0.600. The van der Waals surface area contributed by atoms with Crippen molar-refractivity contribution in [1.82, 2.24) is 10.2 Å². The number of piperidine rings is 1. The molecule has 0 radical (unpaired) electrons. The van der Waals surface area contributed by atoms with Crippen LogP contribution >= 0.6 is 0 Å². The van der Waals surface area contributed by atoms with Crippen molar-refractivity contribution < 1.29 is 9.59 Å². The molecule has 2 atom stereocenters. The maximum absolute atomic E-state index is 12.5. The summed E-state index contributed by atoms with van der Waals surface area (Å²) in [6, 6.07) is 9.75. The lowest BCUT2D eigenvalue weighted by Gasteiger charge is -2.33. The summed E-state index contributed by atoms with van der Waals surface area (Å²) in [6.45, 7) is 3.54. The number of benzene rings is 1. The number of nitrogens with one attached hydrogen (secondary N) is 2. The SMILES string of the molecule is CC1CCCC(NC(=O)C2CCN(C(=O)Nc3ccccc3)CC2)C1. The molecule has 3 rings (SSSR count). The van der Waals surface area contributed by atoms with Crippen molar-refractivity contribution in [2.75, 3.05) is 18.4 Å². The van der Waals surface area contributed by atoms with E-state index in [1.165, 1.54) is 12.8 Å². The molecule has 5 heteroatoms. The molecule has 1 aromatic carbocycles. The van der Waals surface area contributed by atoms with E-state index in [1.807, 2.05) is 30.3 Å². The lowest BCUT2D eigenvalue weighted by atomic mass is 9.86. The summed E-state index contributed by atoms with van der Waals surface area (Å²) in [5.74, 6) is 0.933. The van der Waals surface area contributed by atoms with Gasteiger partial charge in [0.05, 0.1) is 0 Å². The molecule has 0 aromatic heterocycles. The van der Waals surface area contributed by atoms with Crippen LogP contribution in [0, 0.1) is 11.8 Å². The van der Waals surface area contributed by atoms with Crippen LogP contribution in [0.5, 0.6) is 0 Å². The minimum Gasteiger partial charge on any atom is -0.353 e. The lowest BCUT2D eigenvalue weighted by molar-refractivity contribution is -0.127. The van der Waals surface area contributed by atoms with Crippen LogP contribution in [0.1, 0.15) is 45.4 Å². The quantitative estimate of drug-likeness (QED) is 0.880. The number of carbonyl (C=O) groups is 2. The van der Waals surface area contributed by atoms with Crippen molar-refractivity contribution in [3.05, 3.63) is 30.3 Å². The number of carbonyl (C=O) groups excluding carboxylic acids is 2. The highest BCUT2D eigenvalue weighted by Crippen LogP contribution is 2.25. The van der Waals surface area contributed by atoms with Crippen molar-refractivity contribution in [2.24, 2.45) is 11.8 Å². The molecule has 1 saturated carbocycles. The zero-order valence-electron chi connectivity index (χ0n) is 15.0. The first-order chi connectivity index (χ1) is 12.1. The monoisotopic (exact) mass is 343 g/mol. The molecule has 0 spiro atoms. The summed E-state index contributed by atoms with van der Waals surface area (Å²) >= 11 is 0. The largest absolute Gasteiger partial charge is 0.353 e. The second kappa shape index (κ2) is 8.37. The summed E-state index contributed by atoms with van der Waals surface area (Å²) < 4.78 is 0. The molecular weight excluding hydrogens is 314 g/mol. The number of hydrogen-bond acceptors (Lipinski definition) is 2. The minimum absolute atomic E-state index is 0.0398. The second-order valence-electron chi connectivity index (χ2n) is 7.53. The topological polar surface area (TPSA) is 61.4 Å². The van der Waals surface area contributed by atoms with E-state index in [9.17, 15) is 9.59 Å². The molecule has 1 saturated heterocycles. The maximum Gasteiger partial charge on any atom is 0.321 e. The molecule has 2 unspecified atom stereocenters. The van der Waals surface area contributed by atoms with Gasteiger partial charge in [0, 0.05) is 30.7 Å². The maximum atomic E-state index is 12.5. The van der Waals surface area contributed by atoms with Gasteiger partial charge in [-0.15, -0.1) is 0 Å². The third kappa shape index (κ3) is 4.97. The normalized spacial score (nSPS) is 24.6. The van der Waals surface area contributed by atoms with E-state index in [-0.39, 0.29) is 17.9 Å². The van der Waals surface area contributed by atoms with Crippen LogP contribution in [-0.4, -0.2) is 36.0 Å². The Morgan fingerprint density at radius 2 is 1.76 bits per heavy atom. The first-order valence-electron chi connectivity index (χ1n) is 9.53. The molecule has 1 aliphatic heterocycles. The Labute approximate surface area is 150 Å². The smallest absolute Gasteiger partial charge is 0.321 e. The molecule has 1 heterocycles. The lowest BCUT2D eigenvalue weighted by Crippen LogP contribution is -2.47. The fourth-order valence-corrected chi connectivity index (χ4v) is 3.95. The summed E-state index contributed by atoms with van der Waals surface area (Å²) in [7, 11) is 0. The third-order valence-electron chi connectivity index (χ3n) is 5.46. The highest BCUT2D eigenvalue weighted by Gasteiger charge is 2.29. The molecule has 5 nitrogen and oxygen atoms in total. The van der Waals surface area contributed by atoms with Gasteiger partial charge in [0.15, 0.2) is 0 Å². The van der Waals surface area contributed by atoms with Gasteiger partial charge in [-0.25, -0.2) is 4.79 Å². The van der Waals surface area contributed by atoms with Crippen molar-refractivity contribution >= 4 is 17.6 Å². The number of likely N-dealkylation sites (tertiary alicyclic amines) is 1. The summed E-state index contributed by atoms with van der Waals surface area (Å²) in [4.78, 5) is 26.6. The number of para-hydroxylation sites is 1. The van der Waals surface area contributed by atoms with Crippen LogP contribution in [0.2, 0.25) is 0 Å². The van der Waals surface area contributed by atoms with Gasteiger partial charge < -0.3 is 15.5 Å². The molecule has 3 amide bonds. The predicted octanol–water partition coefficient (Wildman–Crippen LogP) is 3.63. The average Bonchev–Trinajstić information content (AvgIpc) is 2.62. The van der Waals surface area contributed by atoms with Crippen molar-refractivity contribution in [3.8, 4) is 0 Å². The van der Waals surface area contributed by atoms with Gasteiger partial charge >= 0.3 is 6.03 Å². The highest BCUT2D eigenvalue weighted by atomic mass is 16.2. The van der Waals surface area contributed by atoms with Gasteiger partial charge in [0.1, 0.15) is 0 Å². The Morgan fingerprint density at radius 1 is 1.04 bits per heavy atom. The molecule has 0 bridgehead atoms. The molecule has 2 fully saturated rings. The van der Waals surface area contributed by atoms with E-state index in [1.54, 1.807) is 4.90 Å². The Kier molecular flexibility index (Phi) is 5.95. The van der Waals surface area contributed by atoms with Crippen LogP contribution in [0.25, 0.3) is 0 Å². The fourth-order valence-electron chi connectivity index (χ4n) is 3.95. The van der Waals surface area contributed by atoms with E-state index in [4.69, 9.17) is 0 Å². The number of urea groups is 1. The first kappa shape index (κ1) is 17.8. The van der Waals surface area contributed by atoms with Crippen molar-refractivity contribution in [2.45, 2.75) is 51.5 Å². The molecule has 1 aromatic rings. The van der Waals surface area contributed by atoms with Gasteiger partial charge in [-0.05, 0) is 43.7 Å². The molecule has 2 N–H and O–H groups in total. The average molecular weight is 343 g/mol. The number of amides is 3. The number of rotatable bonds is 3. The van der Waals surface area contributed by atoms with Crippen LogP contribution in [0.15, 0.2) is 30.3 Å². The Bertz CT molecular complexity index is 582. The van der Waals surface area contributed by atoms with Gasteiger partial charge in [-0.2, -0.15) is 0 Å². The van der Waals surface area contributed by atoms with Crippen molar-refractivity contribution in [3.63, 3.8) is 0 Å². The van der Waals surface area contributed by atoms with Crippen LogP contribution in [0.4, 0.5) is 10.5 Å². The molecular formula is C20H29N3O2. The summed E-state index contributed by atoms with van der Waals surface area (Å²) in [6.07, 6.45) is 6.19. The van der Waals surface area contributed by atoms with Crippen molar-refractivity contribution in [1.29, 1.82) is 0 Å². The van der Waals surface area contributed by atoms with E-state index in [2.05, 4.69) is 17.6 Å². The van der Waals surface area contributed by atoms with E-state index in [0.717, 1.165) is 31.4 Å². The van der Waals surface area contributed by atoms with Gasteiger partial charge in [-0.1, -0.05) is 38.0 Å². The Balaban J connectivity index is 1.43.